The highest BCUT2D eigenvalue weighted by Crippen LogP contribution is 2.19. The monoisotopic (exact) mass is 498 g/mol. The van der Waals surface area contributed by atoms with E-state index in [2.05, 4.69) is 53.0 Å². The van der Waals surface area contributed by atoms with Crippen molar-refractivity contribution in [3.05, 3.63) is 29.8 Å². The van der Waals surface area contributed by atoms with Crippen molar-refractivity contribution in [3.8, 4) is 5.75 Å². The zero-order valence-electron chi connectivity index (χ0n) is 16.8. The molecule has 0 amide bonds. The summed E-state index contributed by atoms with van der Waals surface area (Å²) in [6.45, 7) is 8.11. The number of rotatable bonds is 10. The Kier molecular flexibility index (Phi) is 13.3. The first-order valence-corrected chi connectivity index (χ1v) is 9.08. The van der Waals surface area contributed by atoms with Crippen molar-refractivity contribution in [2.75, 3.05) is 20.1 Å². The number of nitrogens with zero attached hydrogens (tertiary/aromatic N) is 2. The number of para-hydroxylation sites is 1. The molecule has 0 bridgehead atoms. The van der Waals surface area contributed by atoms with Crippen molar-refractivity contribution in [2.45, 2.75) is 59.4 Å². The summed E-state index contributed by atoms with van der Waals surface area (Å²) in [7, 11) is 1.69. The van der Waals surface area contributed by atoms with Crippen molar-refractivity contribution >= 4 is 29.9 Å². The molecule has 1 aromatic rings. The highest BCUT2D eigenvalue weighted by Gasteiger charge is 2.12. The number of aliphatic imine (C=N–C) groups is 1. The Morgan fingerprint density at radius 1 is 1.11 bits per heavy atom. The number of ether oxygens (including phenoxy) is 1. The lowest BCUT2D eigenvalue weighted by Crippen LogP contribution is -2.41. The van der Waals surface area contributed by atoms with Crippen LogP contribution in [-0.4, -0.2) is 49.7 Å². The highest BCUT2D eigenvalue weighted by molar-refractivity contribution is 14.0. The Labute approximate surface area is 179 Å². The molecule has 0 fully saturated rings. The summed E-state index contributed by atoms with van der Waals surface area (Å²) in [5.74, 6) is 0.812. The van der Waals surface area contributed by atoms with Gasteiger partial charge in [-0.2, -0.15) is 8.78 Å². The predicted molar refractivity (Wildman–Crippen MR) is 118 cm³/mol. The van der Waals surface area contributed by atoms with E-state index >= 15 is 0 Å². The maximum Gasteiger partial charge on any atom is 0.387 e. The Bertz CT molecular complexity index is 548. The van der Waals surface area contributed by atoms with Crippen molar-refractivity contribution in [1.82, 2.24) is 15.5 Å². The topological polar surface area (TPSA) is 48.9 Å². The van der Waals surface area contributed by atoms with E-state index in [1.807, 2.05) is 0 Å². The van der Waals surface area contributed by atoms with Crippen LogP contribution in [0, 0.1) is 0 Å². The van der Waals surface area contributed by atoms with Crippen molar-refractivity contribution < 1.29 is 13.5 Å². The summed E-state index contributed by atoms with van der Waals surface area (Å²) in [5, 5.41) is 6.39. The molecule has 5 nitrogen and oxygen atoms in total. The van der Waals surface area contributed by atoms with Crippen LogP contribution in [0.4, 0.5) is 8.78 Å². The molecule has 1 rings (SSSR count). The minimum Gasteiger partial charge on any atom is -0.434 e. The van der Waals surface area contributed by atoms with E-state index in [4.69, 9.17) is 0 Å². The lowest BCUT2D eigenvalue weighted by molar-refractivity contribution is -0.0504. The molecular formula is C19H33F2IN4O. The first-order valence-electron chi connectivity index (χ1n) is 9.08. The SMILES string of the molecule is CN=C(NCCCN(C(C)C)C(C)C)NCc1ccccc1OC(F)F.I. The summed E-state index contributed by atoms with van der Waals surface area (Å²) >= 11 is 0. The van der Waals surface area contributed by atoms with Crippen LogP contribution < -0.4 is 15.4 Å². The van der Waals surface area contributed by atoms with Crippen LogP contribution in [0.1, 0.15) is 39.7 Å². The zero-order valence-corrected chi connectivity index (χ0v) is 19.2. The number of hydrogen-bond acceptors (Lipinski definition) is 3. The molecule has 0 unspecified atom stereocenters. The summed E-state index contributed by atoms with van der Waals surface area (Å²) in [4.78, 5) is 6.61. The molecule has 0 saturated carbocycles. The molecule has 1 aromatic carbocycles. The van der Waals surface area contributed by atoms with Gasteiger partial charge in [-0.15, -0.1) is 24.0 Å². The van der Waals surface area contributed by atoms with Gasteiger partial charge in [-0.3, -0.25) is 9.89 Å². The number of nitrogens with one attached hydrogen (secondary N) is 2. The van der Waals surface area contributed by atoms with Gasteiger partial charge in [-0.05, 0) is 40.2 Å². The molecule has 8 heteroatoms. The van der Waals surface area contributed by atoms with Gasteiger partial charge in [0.2, 0.25) is 0 Å². The molecule has 0 aliphatic carbocycles. The Hall–Kier alpha value is -1.16. The Morgan fingerprint density at radius 2 is 1.74 bits per heavy atom. The van der Waals surface area contributed by atoms with Crippen molar-refractivity contribution in [1.29, 1.82) is 0 Å². The largest absolute Gasteiger partial charge is 0.434 e. The van der Waals surface area contributed by atoms with Gasteiger partial charge in [0.25, 0.3) is 0 Å². The average Bonchev–Trinajstić information content (AvgIpc) is 2.57. The summed E-state index contributed by atoms with van der Waals surface area (Å²) in [6.07, 6.45) is 0.988. The third-order valence-corrected chi connectivity index (χ3v) is 4.07. The number of benzene rings is 1. The van der Waals surface area contributed by atoms with Crippen LogP contribution in [0.15, 0.2) is 29.3 Å². The van der Waals surface area contributed by atoms with Gasteiger partial charge in [-0.1, -0.05) is 18.2 Å². The number of halogens is 3. The fraction of sp³-hybridized carbons (Fsp3) is 0.632. The Balaban J connectivity index is 0.00000676. The normalized spacial score (nSPS) is 11.9. The standard InChI is InChI=1S/C19H32F2N4O.HI/c1-14(2)25(15(3)4)12-8-11-23-19(22-5)24-13-16-9-6-7-10-17(16)26-18(20)21;/h6-7,9-10,14-15,18H,8,11-13H2,1-5H3,(H2,22,23,24);1H. The highest BCUT2D eigenvalue weighted by atomic mass is 127. The van der Waals surface area contributed by atoms with Crippen molar-refractivity contribution in [3.63, 3.8) is 0 Å². The summed E-state index contributed by atoms with van der Waals surface area (Å²) in [6, 6.07) is 7.77. The van der Waals surface area contributed by atoms with Gasteiger partial charge >= 0.3 is 6.61 Å². The second-order valence-electron chi connectivity index (χ2n) is 6.62. The van der Waals surface area contributed by atoms with Crippen LogP contribution >= 0.6 is 24.0 Å². The lowest BCUT2D eigenvalue weighted by atomic mass is 10.2. The van der Waals surface area contributed by atoms with E-state index in [1.165, 1.54) is 6.07 Å². The number of alkyl halides is 2. The molecule has 0 radical (unpaired) electrons. The van der Waals surface area contributed by atoms with Gasteiger partial charge in [-0.25, -0.2) is 0 Å². The molecule has 0 aliphatic heterocycles. The molecule has 2 N–H and O–H groups in total. The van der Waals surface area contributed by atoms with E-state index in [-0.39, 0.29) is 29.7 Å². The maximum absolute atomic E-state index is 12.5. The minimum absolute atomic E-state index is 0. The Morgan fingerprint density at radius 3 is 2.30 bits per heavy atom. The molecule has 0 heterocycles. The average molecular weight is 498 g/mol. The first-order chi connectivity index (χ1) is 12.3. The van der Waals surface area contributed by atoms with E-state index in [0.717, 1.165) is 19.5 Å². The summed E-state index contributed by atoms with van der Waals surface area (Å²) in [5.41, 5.74) is 0.654. The number of guanidine groups is 1. The van der Waals surface area contributed by atoms with Crippen LogP contribution in [0.25, 0.3) is 0 Å². The second kappa shape index (κ2) is 13.9. The third-order valence-electron chi connectivity index (χ3n) is 4.07. The summed E-state index contributed by atoms with van der Waals surface area (Å²) < 4.78 is 29.5. The van der Waals surface area contributed by atoms with E-state index in [0.29, 0.717) is 30.2 Å². The van der Waals surface area contributed by atoms with E-state index in [1.54, 1.807) is 25.2 Å². The molecule has 0 atom stereocenters. The van der Waals surface area contributed by atoms with E-state index in [9.17, 15) is 8.78 Å². The molecule has 156 valence electrons. The predicted octanol–water partition coefficient (Wildman–Crippen LogP) is 4.08. The van der Waals surface area contributed by atoms with Gasteiger partial charge in [0.1, 0.15) is 5.75 Å². The fourth-order valence-corrected chi connectivity index (χ4v) is 2.84. The molecule has 0 spiro atoms. The van der Waals surface area contributed by atoms with Gasteiger partial charge in [0.05, 0.1) is 0 Å². The van der Waals surface area contributed by atoms with Crippen LogP contribution in [-0.2, 0) is 6.54 Å². The zero-order chi connectivity index (χ0) is 19.5. The third kappa shape index (κ3) is 10.1. The van der Waals surface area contributed by atoms with Crippen LogP contribution in [0.2, 0.25) is 0 Å². The fourth-order valence-electron chi connectivity index (χ4n) is 2.84. The van der Waals surface area contributed by atoms with Crippen LogP contribution in [0.5, 0.6) is 5.75 Å². The molecule has 0 saturated heterocycles. The lowest BCUT2D eigenvalue weighted by Gasteiger charge is -2.30. The number of hydrogen-bond donors (Lipinski definition) is 2. The minimum atomic E-state index is -2.83. The van der Waals surface area contributed by atoms with Gasteiger partial charge in [0, 0.05) is 44.3 Å². The molecule has 27 heavy (non-hydrogen) atoms. The maximum atomic E-state index is 12.5. The molecule has 0 aliphatic rings. The molecule has 0 aromatic heterocycles. The molecular weight excluding hydrogens is 465 g/mol. The van der Waals surface area contributed by atoms with E-state index < -0.39 is 6.61 Å². The van der Waals surface area contributed by atoms with Crippen LogP contribution in [0.3, 0.4) is 0 Å². The van der Waals surface area contributed by atoms with Crippen molar-refractivity contribution in [2.24, 2.45) is 4.99 Å². The first kappa shape index (κ1) is 25.8. The quantitative estimate of drug-likeness (QED) is 0.221. The smallest absolute Gasteiger partial charge is 0.387 e. The van der Waals surface area contributed by atoms with Gasteiger partial charge < -0.3 is 15.4 Å². The second-order valence-corrected chi connectivity index (χ2v) is 6.62. The van der Waals surface area contributed by atoms with Gasteiger partial charge in [0.15, 0.2) is 5.96 Å².